The molecule has 0 unspecified atom stereocenters. The summed E-state index contributed by atoms with van der Waals surface area (Å²) < 4.78 is 55.4. The van der Waals surface area contributed by atoms with Gasteiger partial charge in [-0.25, -0.2) is 16.8 Å². The van der Waals surface area contributed by atoms with E-state index >= 15 is 0 Å². The van der Waals surface area contributed by atoms with Crippen molar-refractivity contribution in [3.8, 4) is 0 Å². The molecule has 0 saturated carbocycles. The van der Waals surface area contributed by atoms with Crippen LogP contribution in [-0.4, -0.2) is 34.3 Å². The van der Waals surface area contributed by atoms with E-state index in [4.69, 9.17) is 0 Å². The molecule has 1 aromatic heterocycles. The molecule has 0 aliphatic rings. The maximum atomic E-state index is 13.4. The molecule has 1 amide bonds. The Morgan fingerprint density at radius 2 is 1.46 bits per heavy atom. The number of nitrogens with zero attached hydrogens (tertiary/aromatic N) is 2. The predicted octanol–water partition coefficient (Wildman–Crippen LogP) is 4.02. The van der Waals surface area contributed by atoms with Gasteiger partial charge in [0.05, 0.1) is 27.4 Å². The highest BCUT2D eigenvalue weighted by Crippen LogP contribution is 2.24. The molecule has 190 valence electrons. The number of aryl methyl sites for hydroxylation is 1. The number of aromatic nitrogens is 1. The van der Waals surface area contributed by atoms with E-state index in [9.17, 15) is 21.6 Å². The first-order valence-corrected chi connectivity index (χ1v) is 14.0. The van der Waals surface area contributed by atoms with Gasteiger partial charge in [-0.3, -0.25) is 18.8 Å². The van der Waals surface area contributed by atoms with Gasteiger partial charge in [-0.1, -0.05) is 35.9 Å². The summed E-state index contributed by atoms with van der Waals surface area (Å²) in [6.45, 7) is 1.39. The molecule has 0 saturated heterocycles. The van der Waals surface area contributed by atoms with E-state index < -0.39 is 32.5 Å². The van der Waals surface area contributed by atoms with Crippen LogP contribution in [-0.2, 0) is 24.8 Å². The van der Waals surface area contributed by atoms with Crippen LogP contribution in [0.15, 0.2) is 113 Å². The molecular formula is C26H24N4O5S2. The minimum Gasteiger partial charge on any atom is -0.325 e. The van der Waals surface area contributed by atoms with Crippen LogP contribution < -0.4 is 14.3 Å². The third-order valence-electron chi connectivity index (χ3n) is 5.30. The SMILES string of the molecule is Cc1ccc(N(CC(=O)Nc2ccc(S(=O)(=O)Nc3cccnc3)cc2)S(=O)(=O)c2ccccc2)cc1. The summed E-state index contributed by atoms with van der Waals surface area (Å²) in [4.78, 5) is 16.8. The maximum absolute atomic E-state index is 13.4. The summed E-state index contributed by atoms with van der Waals surface area (Å²) in [7, 11) is -7.89. The molecule has 11 heteroatoms. The van der Waals surface area contributed by atoms with Gasteiger partial charge in [-0.05, 0) is 67.6 Å². The van der Waals surface area contributed by atoms with Gasteiger partial charge in [-0.2, -0.15) is 0 Å². The second kappa shape index (κ2) is 10.8. The fourth-order valence-electron chi connectivity index (χ4n) is 3.43. The maximum Gasteiger partial charge on any atom is 0.264 e. The van der Waals surface area contributed by atoms with Crippen molar-refractivity contribution in [2.24, 2.45) is 0 Å². The molecule has 9 nitrogen and oxygen atoms in total. The second-order valence-electron chi connectivity index (χ2n) is 8.08. The Hall–Kier alpha value is -4.22. The van der Waals surface area contributed by atoms with Gasteiger partial charge >= 0.3 is 0 Å². The van der Waals surface area contributed by atoms with Crippen LogP contribution in [0, 0.1) is 6.92 Å². The molecule has 2 N–H and O–H groups in total. The highest BCUT2D eigenvalue weighted by atomic mass is 32.2. The Morgan fingerprint density at radius 1 is 0.784 bits per heavy atom. The number of hydrogen-bond acceptors (Lipinski definition) is 6. The fraction of sp³-hybridized carbons (Fsp3) is 0.0769. The summed E-state index contributed by atoms with van der Waals surface area (Å²) in [5.41, 5.74) is 1.91. The van der Waals surface area contributed by atoms with Crippen LogP contribution in [0.25, 0.3) is 0 Å². The molecule has 0 fully saturated rings. The molecular weight excluding hydrogens is 512 g/mol. The summed E-state index contributed by atoms with van der Waals surface area (Å²) in [5.74, 6) is -0.593. The predicted molar refractivity (Wildman–Crippen MR) is 142 cm³/mol. The van der Waals surface area contributed by atoms with Gasteiger partial charge in [0.15, 0.2) is 0 Å². The van der Waals surface area contributed by atoms with Crippen molar-refractivity contribution in [1.29, 1.82) is 0 Å². The number of rotatable bonds is 9. The third-order valence-corrected chi connectivity index (χ3v) is 8.49. The third kappa shape index (κ3) is 6.32. The van der Waals surface area contributed by atoms with E-state index in [2.05, 4.69) is 15.0 Å². The fourth-order valence-corrected chi connectivity index (χ4v) is 5.92. The average Bonchev–Trinajstić information content (AvgIpc) is 2.89. The van der Waals surface area contributed by atoms with Crippen LogP contribution in [0.4, 0.5) is 17.1 Å². The quantitative estimate of drug-likeness (QED) is 0.333. The van der Waals surface area contributed by atoms with Crippen molar-refractivity contribution in [1.82, 2.24) is 4.98 Å². The minimum absolute atomic E-state index is 0.0118. The molecule has 4 aromatic rings. The summed E-state index contributed by atoms with van der Waals surface area (Å²) in [5, 5.41) is 2.64. The molecule has 0 spiro atoms. The number of nitrogens with one attached hydrogen (secondary N) is 2. The Labute approximate surface area is 215 Å². The number of carbonyl (C=O) groups is 1. The first-order valence-electron chi connectivity index (χ1n) is 11.1. The van der Waals surface area contributed by atoms with Crippen LogP contribution in [0.5, 0.6) is 0 Å². The standard InChI is InChI=1S/C26H24N4O5S2/c1-20-9-13-23(14-10-20)30(37(34,35)25-7-3-2-4-8-25)19-26(31)28-21-11-15-24(16-12-21)36(32,33)29-22-6-5-17-27-18-22/h2-18,29H,19H2,1H3,(H,28,31). The molecule has 0 aliphatic heterocycles. The van der Waals surface area contributed by atoms with Gasteiger partial charge in [-0.15, -0.1) is 0 Å². The normalized spacial score (nSPS) is 11.5. The monoisotopic (exact) mass is 536 g/mol. The molecule has 37 heavy (non-hydrogen) atoms. The number of anilines is 3. The van der Waals surface area contributed by atoms with Gasteiger partial charge in [0, 0.05) is 11.9 Å². The number of pyridine rings is 1. The minimum atomic E-state index is -4.03. The van der Waals surface area contributed by atoms with Crippen molar-refractivity contribution in [3.63, 3.8) is 0 Å². The van der Waals surface area contributed by atoms with Gasteiger partial charge in [0.2, 0.25) is 5.91 Å². The molecule has 3 aromatic carbocycles. The van der Waals surface area contributed by atoms with Crippen molar-refractivity contribution in [2.45, 2.75) is 16.7 Å². The van der Waals surface area contributed by atoms with Crippen molar-refractivity contribution >= 4 is 43.0 Å². The van der Waals surface area contributed by atoms with E-state index in [1.54, 1.807) is 54.6 Å². The number of benzene rings is 3. The Bertz CT molecular complexity index is 1580. The largest absolute Gasteiger partial charge is 0.325 e. The lowest BCUT2D eigenvalue weighted by Crippen LogP contribution is -2.38. The van der Waals surface area contributed by atoms with E-state index in [1.807, 2.05) is 6.92 Å². The number of sulfonamides is 2. The molecule has 0 aliphatic carbocycles. The molecule has 0 bridgehead atoms. The van der Waals surface area contributed by atoms with E-state index in [0.717, 1.165) is 9.87 Å². The molecule has 1 heterocycles. The Kier molecular flexibility index (Phi) is 7.55. The second-order valence-corrected chi connectivity index (χ2v) is 11.6. The lowest BCUT2D eigenvalue weighted by atomic mass is 10.2. The Morgan fingerprint density at radius 3 is 2.08 bits per heavy atom. The molecule has 4 rings (SSSR count). The van der Waals surface area contributed by atoms with Crippen LogP contribution >= 0.6 is 0 Å². The van der Waals surface area contributed by atoms with Crippen LogP contribution in [0.2, 0.25) is 0 Å². The van der Waals surface area contributed by atoms with Crippen molar-refractivity contribution in [3.05, 3.63) is 109 Å². The van der Waals surface area contributed by atoms with Gasteiger partial charge in [0.1, 0.15) is 6.54 Å². The first kappa shape index (κ1) is 25.9. The van der Waals surface area contributed by atoms with E-state index in [1.165, 1.54) is 48.8 Å². The summed E-state index contributed by atoms with van der Waals surface area (Å²) in [6, 6.07) is 23.4. The smallest absolute Gasteiger partial charge is 0.264 e. The Balaban J connectivity index is 1.52. The number of carbonyl (C=O) groups excluding carboxylic acids is 1. The lowest BCUT2D eigenvalue weighted by Gasteiger charge is -2.24. The zero-order chi connectivity index (χ0) is 26.5. The van der Waals surface area contributed by atoms with E-state index in [0.29, 0.717) is 17.1 Å². The van der Waals surface area contributed by atoms with Crippen molar-refractivity contribution in [2.75, 3.05) is 20.9 Å². The van der Waals surface area contributed by atoms with E-state index in [-0.39, 0.29) is 9.79 Å². The highest BCUT2D eigenvalue weighted by molar-refractivity contribution is 7.93. The number of hydrogen-bond donors (Lipinski definition) is 2. The number of amides is 1. The average molecular weight is 537 g/mol. The first-order chi connectivity index (χ1) is 17.6. The lowest BCUT2D eigenvalue weighted by molar-refractivity contribution is -0.114. The zero-order valence-electron chi connectivity index (χ0n) is 19.8. The summed E-state index contributed by atoms with van der Waals surface area (Å²) >= 11 is 0. The van der Waals surface area contributed by atoms with Gasteiger partial charge in [0.25, 0.3) is 20.0 Å². The van der Waals surface area contributed by atoms with Gasteiger partial charge < -0.3 is 5.32 Å². The highest BCUT2D eigenvalue weighted by Gasteiger charge is 2.27. The molecule has 0 atom stereocenters. The van der Waals surface area contributed by atoms with Crippen LogP contribution in [0.3, 0.4) is 0 Å². The topological polar surface area (TPSA) is 126 Å². The summed E-state index contributed by atoms with van der Waals surface area (Å²) in [6.07, 6.45) is 2.91. The molecule has 0 radical (unpaired) electrons. The van der Waals surface area contributed by atoms with Crippen molar-refractivity contribution < 1.29 is 21.6 Å². The zero-order valence-corrected chi connectivity index (χ0v) is 21.4. The van der Waals surface area contributed by atoms with Crippen LogP contribution in [0.1, 0.15) is 5.56 Å².